The summed E-state index contributed by atoms with van der Waals surface area (Å²) in [6.45, 7) is 3.98. The minimum Gasteiger partial charge on any atom is -0.497 e. The number of nitrogens with one attached hydrogen (secondary N) is 1. The number of hydrogen-bond donors (Lipinski definition) is 1. The molecule has 6 heteroatoms. The van der Waals surface area contributed by atoms with E-state index < -0.39 is 6.04 Å². The highest BCUT2D eigenvalue weighted by Crippen LogP contribution is 2.19. The summed E-state index contributed by atoms with van der Waals surface area (Å²) in [4.78, 5) is 27.7. The van der Waals surface area contributed by atoms with Crippen LogP contribution >= 0.6 is 0 Å². The summed E-state index contributed by atoms with van der Waals surface area (Å²) in [5.41, 5.74) is 2.05. The average Bonchev–Trinajstić information content (AvgIpc) is 2.82. The number of hydrogen-bond acceptors (Lipinski definition) is 4. The molecule has 0 heterocycles. The smallest absolute Gasteiger partial charge is 0.261 e. The first-order valence-electron chi connectivity index (χ1n) is 11.4. The molecule has 3 rings (SSSR count). The van der Waals surface area contributed by atoms with Crippen molar-refractivity contribution in [2.75, 3.05) is 13.7 Å². The second-order valence-electron chi connectivity index (χ2n) is 8.49. The van der Waals surface area contributed by atoms with E-state index in [1.807, 2.05) is 55.5 Å². The predicted octanol–water partition coefficient (Wildman–Crippen LogP) is 4.25. The van der Waals surface area contributed by atoms with Crippen LogP contribution in [0.2, 0.25) is 0 Å². The fraction of sp³-hybridized carbons (Fsp3) is 0.462. The lowest BCUT2D eigenvalue weighted by atomic mass is 9.95. The first-order valence-corrected chi connectivity index (χ1v) is 11.4. The summed E-state index contributed by atoms with van der Waals surface area (Å²) in [5.74, 6) is 1.03. The van der Waals surface area contributed by atoms with Gasteiger partial charge < -0.3 is 19.7 Å². The lowest BCUT2D eigenvalue weighted by Crippen LogP contribution is -2.51. The fourth-order valence-corrected chi connectivity index (χ4v) is 3.94. The second kappa shape index (κ2) is 11.6. The van der Waals surface area contributed by atoms with Crippen LogP contribution in [0.5, 0.6) is 11.5 Å². The average molecular weight is 439 g/mol. The molecule has 1 atom stereocenters. The van der Waals surface area contributed by atoms with Crippen molar-refractivity contribution >= 4 is 11.8 Å². The standard InChI is InChI=1S/C26H34N2O4/c1-19-9-13-24(14-10-19)32-18-25(29)28(17-21-11-15-23(31-3)16-12-21)20(2)26(30)27-22-7-5-4-6-8-22/h9-16,20,22H,4-8,17-18H2,1-3H3,(H,27,30)/t20-/m0/s1. The summed E-state index contributed by atoms with van der Waals surface area (Å²) >= 11 is 0. The quantitative estimate of drug-likeness (QED) is 0.636. The Bertz CT molecular complexity index is 874. The normalized spacial score (nSPS) is 15.0. The van der Waals surface area contributed by atoms with Crippen molar-refractivity contribution in [3.63, 3.8) is 0 Å². The number of carbonyl (C=O) groups excluding carboxylic acids is 2. The van der Waals surface area contributed by atoms with Crippen LogP contribution in [-0.2, 0) is 16.1 Å². The Kier molecular flexibility index (Phi) is 8.54. The Hall–Kier alpha value is -3.02. The summed E-state index contributed by atoms with van der Waals surface area (Å²) in [6, 6.07) is 14.7. The van der Waals surface area contributed by atoms with E-state index in [0.29, 0.717) is 12.3 Å². The van der Waals surface area contributed by atoms with Crippen molar-refractivity contribution in [3.8, 4) is 11.5 Å². The minimum absolute atomic E-state index is 0.117. The first kappa shape index (κ1) is 23.6. The van der Waals surface area contributed by atoms with Crippen LogP contribution in [0.1, 0.15) is 50.2 Å². The van der Waals surface area contributed by atoms with Crippen LogP contribution in [0, 0.1) is 6.92 Å². The number of rotatable bonds is 9. The van der Waals surface area contributed by atoms with Gasteiger partial charge in [-0.25, -0.2) is 0 Å². The molecule has 1 N–H and O–H groups in total. The highest BCUT2D eigenvalue weighted by Gasteiger charge is 2.28. The molecular weight excluding hydrogens is 404 g/mol. The molecule has 0 aromatic heterocycles. The van der Waals surface area contributed by atoms with E-state index in [-0.39, 0.29) is 24.5 Å². The summed E-state index contributed by atoms with van der Waals surface area (Å²) in [6.07, 6.45) is 5.50. The van der Waals surface area contributed by atoms with E-state index in [1.165, 1.54) is 6.42 Å². The molecule has 1 saturated carbocycles. The highest BCUT2D eigenvalue weighted by atomic mass is 16.5. The van der Waals surface area contributed by atoms with Gasteiger partial charge in [-0.3, -0.25) is 9.59 Å². The molecule has 2 amide bonds. The Labute approximate surface area is 190 Å². The second-order valence-corrected chi connectivity index (χ2v) is 8.49. The van der Waals surface area contributed by atoms with Gasteiger partial charge in [0.15, 0.2) is 6.61 Å². The number of amides is 2. The SMILES string of the molecule is COc1ccc(CN(C(=O)COc2ccc(C)cc2)[C@@H](C)C(=O)NC2CCCCC2)cc1. The molecule has 6 nitrogen and oxygen atoms in total. The van der Waals surface area contributed by atoms with E-state index in [1.54, 1.807) is 18.9 Å². The minimum atomic E-state index is -0.604. The van der Waals surface area contributed by atoms with Gasteiger partial charge in [0.1, 0.15) is 17.5 Å². The number of methoxy groups -OCH3 is 1. The molecular formula is C26H34N2O4. The van der Waals surface area contributed by atoms with E-state index >= 15 is 0 Å². The Morgan fingerprint density at radius 1 is 1.00 bits per heavy atom. The van der Waals surface area contributed by atoms with Crippen LogP contribution in [0.3, 0.4) is 0 Å². The maximum absolute atomic E-state index is 13.1. The van der Waals surface area contributed by atoms with Gasteiger partial charge in [0.05, 0.1) is 7.11 Å². The number of benzene rings is 2. The Morgan fingerprint density at radius 3 is 2.25 bits per heavy atom. The highest BCUT2D eigenvalue weighted by molar-refractivity contribution is 5.88. The zero-order valence-electron chi connectivity index (χ0n) is 19.3. The van der Waals surface area contributed by atoms with Gasteiger partial charge in [0.2, 0.25) is 5.91 Å². The molecule has 1 aliphatic carbocycles. The zero-order chi connectivity index (χ0) is 22.9. The molecule has 1 aliphatic rings. The number of nitrogens with zero attached hydrogens (tertiary/aromatic N) is 1. The molecule has 0 spiro atoms. The summed E-state index contributed by atoms with van der Waals surface area (Å²) < 4.78 is 10.9. The molecule has 172 valence electrons. The number of ether oxygens (including phenoxy) is 2. The maximum Gasteiger partial charge on any atom is 0.261 e. The van der Waals surface area contributed by atoms with Gasteiger partial charge in [0, 0.05) is 12.6 Å². The molecule has 2 aromatic carbocycles. The first-order chi connectivity index (χ1) is 15.5. The van der Waals surface area contributed by atoms with Gasteiger partial charge >= 0.3 is 0 Å². The summed E-state index contributed by atoms with van der Waals surface area (Å²) in [5, 5.41) is 3.14. The predicted molar refractivity (Wildman–Crippen MR) is 125 cm³/mol. The van der Waals surface area contributed by atoms with E-state index in [0.717, 1.165) is 42.6 Å². The topological polar surface area (TPSA) is 67.9 Å². The van der Waals surface area contributed by atoms with Gasteiger partial charge in [-0.1, -0.05) is 49.1 Å². The lowest BCUT2D eigenvalue weighted by molar-refractivity contribution is -0.142. The van der Waals surface area contributed by atoms with E-state index in [2.05, 4.69) is 5.32 Å². The third-order valence-electron chi connectivity index (χ3n) is 6.01. The van der Waals surface area contributed by atoms with E-state index in [9.17, 15) is 9.59 Å². The molecule has 0 unspecified atom stereocenters. The molecule has 0 radical (unpaired) electrons. The number of aryl methyl sites for hydroxylation is 1. The van der Waals surface area contributed by atoms with Crippen molar-refractivity contribution in [2.45, 2.75) is 64.6 Å². The third-order valence-corrected chi connectivity index (χ3v) is 6.01. The molecule has 0 aliphatic heterocycles. The van der Waals surface area contributed by atoms with Crippen molar-refractivity contribution in [2.24, 2.45) is 0 Å². The van der Waals surface area contributed by atoms with Crippen molar-refractivity contribution in [1.29, 1.82) is 0 Å². The Morgan fingerprint density at radius 2 is 1.62 bits per heavy atom. The van der Waals surface area contributed by atoms with Gasteiger partial charge in [-0.05, 0) is 56.5 Å². The van der Waals surface area contributed by atoms with Crippen LogP contribution in [0.25, 0.3) is 0 Å². The molecule has 0 bridgehead atoms. The van der Waals surface area contributed by atoms with Gasteiger partial charge in [0.25, 0.3) is 5.91 Å². The van der Waals surface area contributed by atoms with Crippen LogP contribution in [0.15, 0.2) is 48.5 Å². The molecule has 1 fully saturated rings. The monoisotopic (exact) mass is 438 g/mol. The van der Waals surface area contributed by atoms with Crippen LogP contribution in [0.4, 0.5) is 0 Å². The Balaban J connectivity index is 1.69. The lowest BCUT2D eigenvalue weighted by Gasteiger charge is -2.31. The van der Waals surface area contributed by atoms with Crippen molar-refractivity contribution < 1.29 is 19.1 Å². The summed E-state index contributed by atoms with van der Waals surface area (Å²) in [7, 11) is 1.62. The van der Waals surface area contributed by atoms with Crippen molar-refractivity contribution in [1.82, 2.24) is 10.2 Å². The molecule has 32 heavy (non-hydrogen) atoms. The fourth-order valence-electron chi connectivity index (χ4n) is 3.94. The third kappa shape index (κ3) is 6.74. The van der Waals surface area contributed by atoms with Crippen LogP contribution in [-0.4, -0.2) is 42.5 Å². The molecule has 2 aromatic rings. The largest absolute Gasteiger partial charge is 0.497 e. The zero-order valence-corrected chi connectivity index (χ0v) is 19.3. The van der Waals surface area contributed by atoms with Crippen molar-refractivity contribution in [3.05, 3.63) is 59.7 Å². The maximum atomic E-state index is 13.1. The molecule has 0 saturated heterocycles. The van der Waals surface area contributed by atoms with Gasteiger partial charge in [-0.2, -0.15) is 0 Å². The van der Waals surface area contributed by atoms with Crippen LogP contribution < -0.4 is 14.8 Å². The number of carbonyl (C=O) groups is 2. The van der Waals surface area contributed by atoms with Gasteiger partial charge in [-0.15, -0.1) is 0 Å². The van der Waals surface area contributed by atoms with E-state index in [4.69, 9.17) is 9.47 Å².